The third kappa shape index (κ3) is 1.89. The molecule has 0 amide bonds. The van der Waals surface area contributed by atoms with E-state index in [-0.39, 0.29) is 0 Å². The Kier molecular flexibility index (Phi) is 3.36. The van der Waals surface area contributed by atoms with Crippen molar-refractivity contribution in [2.75, 3.05) is 19.8 Å². The van der Waals surface area contributed by atoms with Crippen molar-refractivity contribution in [2.45, 2.75) is 40.0 Å². The Hall–Kier alpha value is -0.0800. The van der Waals surface area contributed by atoms with E-state index >= 15 is 0 Å². The van der Waals surface area contributed by atoms with Gasteiger partial charge in [-0.1, -0.05) is 27.2 Å². The Morgan fingerprint density at radius 1 is 1.38 bits per heavy atom. The molecule has 1 aliphatic rings. The lowest BCUT2D eigenvalue weighted by Gasteiger charge is -2.53. The molecule has 0 radical (unpaired) electrons. The van der Waals surface area contributed by atoms with E-state index in [9.17, 15) is 0 Å². The van der Waals surface area contributed by atoms with Crippen molar-refractivity contribution >= 4 is 0 Å². The highest BCUT2D eigenvalue weighted by Crippen LogP contribution is 2.50. The molecule has 78 valence electrons. The van der Waals surface area contributed by atoms with Crippen molar-refractivity contribution in [2.24, 2.45) is 16.6 Å². The lowest BCUT2D eigenvalue weighted by Crippen LogP contribution is -2.53. The van der Waals surface area contributed by atoms with Gasteiger partial charge in [0.15, 0.2) is 0 Å². The van der Waals surface area contributed by atoms with Crippen LogP contribution in [-0.4, -0.2) is 19.8 Å². The summed E-state index contributed by atoms with van der Waals surface area (Å²) in [6.45, 7) is 9.58. The molecule has 1 fully saturated rings. The predicted molar refractivity (Wildman–Crippen MR) is 55.6 cm³/mol. The second-order valence-corrected chi connectivity index (χ2v) is 4.95. The van der Waals surface area contributed by atoms with Gasteiger partial charge >= 0.3 is 0 Å². The maximum atomic E-state index is 5.65. The summed E-state index contributed by atoms with van der Waals surface area (Å²) in [6, 6.07) is 0. The van der Waals surface area contributed by atoms with Crippen LogP contribution in [0.15, 0.2) is 0 Å². The lowest BCUT2D eigenvalue weighted by atomic mass is 9.60. The summed E-state index contributed by atoms with van der Waals surface area (Å²) in [7, 11) is 0. The Morgan fingerprint density at radius 2 is 2.00 bits per heavy atom. The van der Waals surface area contributed by atoms with E-state index in [1.807, 2.05) is 0 Å². The molecular weight excluding hydrogens is 162 g/mol. The first-order valence-electron chi connectivity index (χ1n) is 5.36. The summed E-state index contributed by atoms with van der Waals surface area (Å²) >= 11 is 0. The number of hydrogen-bond donors (Lipinski definition) is 1. The number of ether oxygens (including phenoxy) is 1. The molecule has 0 spiro atoms. The minimum atomic E-state index is 0.343. The SMILES string of the molecule is CCCC1(C(C)(C)CCN)COC1. The van der Waals surface area contributed by atoms with Gasteiger partial charge < -0.3 is 10.5 Å². The molecule has 13 heavy (non-hydrogen) atoms. The largest absolute Gasteiger partial charge is 0.380 e. The molecule has 2 N–H and O–H groups in total. The van der Waals surface area contributed by atoms with Crippen molar-refractivity contribution in [3.8, 4) is 0 Å². The van der Waals surface area contributed by atoms with Crippen molar-refractivity contribution in [1.82, 2.24) is 0 Å². The predicted octanol–water partition coefficient (Wildman–Crippen LogP) is 2.18. The Morgan fingerprint density at radius 3 is 2.31 bits per heavy atom. The quantitative estimate of drug-likeness (QED) is 0.712. The molecule has 0 aliphatic carbocycles. The van der Waals surface area contributed by atoms with Crippen LogP contribution in [0.1, 0.15) is 40.0 Å². The summed E-state index contributed by atoms with van der Waals surface area (Å²) < 4.78 is 5.38. The average molecular weight is 185 g/mol. The van der Waals surface area contributed by atoms with E-state index in [1.165, 1.54) is 12.8 Å². The van der Waals surface area contributed by atoms with Gasteiger partial charge in [-0.25, -0.2) is 0 Å². The molecule has 1 rings (SSSR count). The van der Waals surface area contributed by atoms with Gasteiger partial charge in [-0.2, -0.15) is 0 Å². The van der Waals surface area contributed by atoms with Crippen LogP contribution in [0.2, 0.25) is 0 Å². The van der Waals surface area contributed by atoms with E-state index in [0.717, 1.165) is 26.2 Å². The molecule has 0 aromatic carbocycles. The third-order valence-corrected chi connectivity index (χ3v) is 3.69. The zero-order valence-electron chi connectivity index (χ0n) is 9.23. The van der Waals surface area contributed by atoms with Crippen molar-refractivity contribution in [3.05, 3.63) is 0 Å². The first-order valence-corrected chi connectivity index (χ1v) is 5.36. The summed E-state index contributed by atoms with van der Waals surface area (Å²) in [4.78, 5) is 0. The summed E-state index contributed by atoms with van der Waals surface area (Å²) in [5.41, 5.74) is 6.41. The molecule has 0 bridgehead atoms. The summed E-state index contributed by atoms with van der Waals surface area (Å²) in [6.07, 6.45) is 3.63. The van der Waals surface area contributed by atoms with Crippen molar-refractivity contribution < 1.29 is 4.74 Å². The zero-order chi connectivity index (χ0) is 9.95. The Labute approximate surface area is 81.8 Å². The van der Waals surface area contributed by atoms with Gasteiger partial charge in [-0.15, -0.1) is 0 Å². The molecule has 0 unspecified atom stereocenters. The second-order valence-electron chi connectivity index (χ2n) is 4.95. The van der Waals surface area contributed by atoms with Gasteiger partial charge in [-0.05, 0) is 24.8 Å². The average Bonchev–Trinajstić information content (AvgIpc) is 1.96. The van der Waals surface area contributed by atoms with Crippen LogP contribution in [0, 0.1) is 10.8 Å². The highest BCUT2D eigenvalue weighted by Gasteiger charge is 2.49. The molecule has 0 atom stereocenters. The van der Waals surface area contributed by atoms with Gasteiger partial charge in [0.25, 0.3) is 0 Å². The van der Waals surface area contributed by atoms with Crippen molar-refractivity contribution in [3.63, 3.8) is 0 Å². The molecule has 0 aromatic heterocycles. The van der Waals surface area contributed by atoms with Crippen LogP contribution in [-0.2, 0) is 4.74 Å². The molecular formula is C11H23NO. The Balaban J connectivity index is 2.63. The first-order chi connectivity index (χ1) is 6.08. The van der Waals surface area contributed by atoms with Crippen LogP contribution in [0.4, 0.5) is 0 Å². The van der Waals surface area contributed by atoms with Crippen LogP contribution in [0.3, 0.4) is 0 Å². The third-order valence-electron chi connectivity index (χ3n) is 3.69. The highest BCUT2D eigenvalue weighted by atomic mass is 16.5. The fraction of sp³-hybridized carbons (Fsp3) is 1.00. The molecule has 2 heteroatoms. The van der Waals surface area contributed by atoms with Crippen LogP contribution < -0.4 is 5.73 Å². The zero-order valence-corrected chi connectivity index (χ0v) is 9.23. The smallest absolute Gasteiger partial charge is 0.0549 e. The van der Waals surface area contributed by atoms with Crippen molar-refractivity contribution in [1.29, 1.82) is 0 Å². The van der Waals surface area contributed by atoms with Gasteiger partial charge in [0.05, 0.1) is 13.2 Å². The number of nitrogens with two attached hydrogens (primary N) is 1. The molecule has 1 heterocycles. The molecule has 1 saturated heterocycles. The molecule has 1 aliphatic heterocycles. The minimum absolute atomic E-state index is 0.343. The van der Waals surface area contributed by atoms with Gasteiger partial charge in [0.1, 0.15) is 0 Å². The second kappa shape index (κ2) is 3.97. The fourth-order valence-corrected chi connectivity index (χ4v) is 2.33. The maximum absolute atomic E-state index is 5.65. The monoisotopic (exact) mass is 185 g/mol. The van der Waals surface area contributed by atoms with Crippen LogP contribution >= 0.6 is 0 Å². The fourth-order valence-electron chi connectivity index (χ4n) is 2.33. The van der Waals surface area contributed by atoms with Gasteiger partial charge in [0.2, 0.25) is 0 Å². The van der Waals surface area contributed by atoms with E-state index in [1.54, 1.807) is 0 Å². The van der Waals surface area contributed by atoms with Gasteiger partial charge in [-0.3, -0.25) is 0 Å². The standard InChI is InChI=1S/C11H23NO/c1-4-5-11(8-13-9-11)10(2,3)6-7-12/h4-9,12H2,1-3H3. The van der Waals surface area contributed by atoms with E-state index < -0.39 is 0 Å². The summed E-state index contributed by atoms with van der Waals surface area (Å²) in [5, 5.41) is 0. The maximum Gasteiger partial charge on any atom is 0.0549 e. The first kappa shape index (κ1) is 11.0. The highest BCUT2D eigenvalue weighted by molar-refractivity contribution is 4.97. The minimum Gasteiger partial charge on any atom is -0.380 e. The van der Waals surface area contributed by atoms with E-state index in [0.29, 0.717) is 10.8 Å². The number of hydrogen-bond acceptors (Lipinski definition) is 2. The molecule has 0 saturated carbocycles. The molecule has 0 aromatic rings. The van der Waals surface area contributed by atoms with Gasteiger partial charge in [0, 0.05) is 5.41 Å². The van der Waals surface area contributed by atoms with E-state index in [2.05, 4.69) is 20.8 Å². The summed E-state index contributed by atoms with van der Waals surface area (Å²) in [5.74, 6) is 0. The number of rotatable bonds is 5. The lowest BCUT2D eigenvalue weighted by molar-refractivity contribution is -0.181. The normalized spacial score (nSPS) is 21.2. The topological polar surface area (TPSA) is 35.2 Å². The Bertz CT molecular complexity index is 161. The van der Waals surface area contributed by atoms with Crippen LogP contribution in [0.5, 0.6) is 0 Å². The van der Waals surface area contributed by atoms with E-state index in [4.69, 9.17) is 10.5 Å². The van der Waals surface area contributed by atoms with Crippen LogP contribution in [0.25, 0.3) is 0 Å². The molecule has 2 nitrogen and oxygen atoms in total.